The maximum atomic E-state index is 13.0. The van der Waals surface area contributed by atoms with Crippen molar-refractivity contribution >= 4 is 0 Å². The van der Waals surface area contributed by atoms with Gasteiger partial charge in [-0.1, -0.05) is 39.0 Å². The first-order chi connectivity index (χ1) is 8.05. The quantitative estimate of drug-likeness (QED) is 0.659. The lowest BCUT2D eigenvalue weighted by molar-refractivity contribution is -0.0484. The molecule has 0 amide bonds. The molecule has 0 aromatic carbocycles. The van der Waals surface area contributed by atoms with Crippen LogP contribution in [0.3, 0.4) is 0 Å². The molecule has 1 saturated carbocycles. The molecule has 0 heterocycles. The van der Waals surface area contributed by atoms with Crippen LogP contribution in [0.15, 0.2) is 0 Å². The third kappa shape index (κ3) is 5.80. The minimum Gasteiger partial charge on any atom is -0.327 e. The van der Waals surface area contributed by atoms with Crippen molar-refractivity contribution in [3.63, 3.8) is 0 Å². The summed E-state index contributed by atoms with van der Waals surface area (Å²) in [4.78, 5) is 0. The molecule has 0 saturated heterocycles. The van der Waals surface area contributed by atoms with Crippen molar-refractivity contribution < 1.29 is 8.78 Å². The van der Waals surface area contributed by atoms with Crippen molar-refractivity contribution in [1.29, 1.82) is 0 Å². The van der Waals surface area contributed by atoms with E-state index in [1.54, 1.807) is 0 Å². The highest BCUT2D eigenvalue weighted by Crippen LogP contribution is 2.37. The van der Waals surface area contributed by atoms with E-state index >= 15 is 0 Å². The first-order valence-corrected chi connectivity index (χ1v) is 7.18. The van der Waals surface area contributed by atoms with Gasteiger partial charge in [0.15, 0.2) is 0 Å². The first kappa shape index (κ1) is 14.9. The summed E-state index contributed by atoms with van der Waals surface area (Å²) in [6, 6.07) is 0.146. The fourth-order valence-corrected chi connectivity index (χ4v) is 2.71. The fraction of sp³-hybridized carbons (Fsp3) is 1.00. The summed E-state index contributed by atoms with van der Waals surface area (Å²) in [7, 11) is 0. The first-order valence-electron chi connectivity index (χ1n) is 7.18. The molecule has 1 nitrogen and oxygen atoms in total. The van der Waals surface area contributed by atoms with E-state index in [2.05, 4.69) is 6.92 Å². The fourth-order valence-electron chi connectivity index (χ4n) is 2.71. The molecule has 3 heteroatoms. The second kappa shape index (κ2) is 7.30. The Kier molecular flexibility index (Phi) is 6.39. The van der Waals surface area contributed by atoms with Crippen LogP contribution in [-0.2, 0) is 0 Å². The molecular weight excluding hydrogens is 220 g/mol. The van der Waals surface area contributed by atoms with Gasteiger partial charge in [0.25, 0.3) is 0 Å². The van der Waals surface area contributed by atoms with Crippen LogP contribution >= 0.6 is 0 Å². The topological polar surface area (TPSA) is 26.0 Å². The van der Waals surface area contributed by atoms with E-state index in [1.807, 2.05) is 0 Å². The molecule has 0 bridgehead atoms. The Bertz CT molecular complexity index is 196. The van der Waals surface area contributed by atoms with E-state index in [0.717, 1.165) is 12.8 Å². The van der Waals surface area contributed by atoms with Crippen molar-refractivity contribution in [3.8, 4) is 0 Å². The average molecular weight is 247 g/mol. The molecule has 1 aliphatic carbocycles. The predicted molar refractivity (Wildman–Crippen MR) is 68.3 cm³/mol. The molecule has 1 atom stereocenters. The molecule has 0 radical (unpaired) electrons. The van der Waals surface area contributed by atoms with E-state index in [0.29, 0.717) is 18.8 Å². The van der Waals surface area contributed by atoms with E-state index < -0.39 is 5.92 Å². The number of alkyl halides is 2. The summed E-state index contributed by atoms with van der Waals surface area (Å²) in [5.74, 6) is -2.09. The van der Waals surface area contributed by atoms with Gasteiger partial charge in [0.2, 0.25) is 5.92 Å². The minimum atomic E-state index is -2.42. The summed E-state index contributed by atoms with van der Waals surface area (Å²) in [6.07, 6.45) is 8.56. The standard InChI is InChI=1S/C14H27F2N/c1-2-3-4-5-6-7-13(17)12-8-10-14(15,16)11-9-12/h12-13H,2-11,17H2,1H3. The highest BCUT2D eigenvalue weighted by atomic mass is 19.3. The summed E-state index contributed by atoms with van der Waals surface area (Å²) in [5, 5.41) is 0. The van der Waals surface area contributed by atoms with Crippen molar-refractivity contribution in [2.24, 2.45) is 11.7 Å². The van der Waals surface area contributed by atoms with Crippen LogP contribution in [0, 0.1) is 5.92 Å². The second-order valence-corrected chi connectivity index (χ2v) is 5.56. The van der Waals surface area contributed by atoms with E-state index in [1.165, 1.54) is 25.7 Å². The number of nitrogens with two attached hydrogens (primary N) is 1. The maximum absolute atomic E-state index is 13.0. The summed E-state index contributed by atoms with van der Waals surface area (Å²) < 4.78 is 26.0. The smallest absolute Gasteiger partial charge is 0.248 e. The molecule has 0 spiro atoms. The Morgan fingerprint density at radius 1 is 1.12 bits per heavy atom. The minimum absolute atomic E-state index is 0.0429. The third-order valence-electron chi connectivity index (χ3n) is 4.01. The van der Waals surface area contributed by atoms with Gasteiger partial charge in [0.05, 0.1) is 0 Å². The van der Waals surface area contributed by atoms with Crippen LogP contribution in [0.5, 0.6) is 0 Å². The van der Waals surface area contributed by atoms with Crippen LogP contribution in [-0.4, -0.2) is 12.0 Å². The van der Waals surface area contributed by atoms with Gasteiger partial charge in [-0.3, -0.25) is 0 Å². The molecule has 0 aromatic heterocycles. The Morgan fingerprint density at radius 3 is 2.29 bits per heavy atom. The number of hydrogen-bond acceptors (Lipinski definition) is 1. The van der Waals surface area contributed by atoms with Gasteiger partial charge < -0.3 is 5.73 Å². The molecule has 1 unspecified atom stereocenters. The zero-order valence-corrected chi connectivity index (χ0v) is 11.1. The van der Waals surface area contributed by atoms with Gasteiger partial charge in [0, 0.05) is 18.9 Å². The van der Waals surface area contributed by atoms with Gasteiger partial charge in [-0.25, -0.2) is 8.78 Å². The van der Waals surface area contributed by atoms with Crippen LogP contribution < -0.4 is 5.73 Å². The molecule has 0 aliphatic heterocycles. The summed E-state index contributed by atoms with van der Waals surface area (Å²) in [6.45, 7) is 2.20. The average Bonchev–Trinajstić information content (AvgIpc) is 2.28. The molecule has 17 heavy (non-hydrogen) atoms. The van der Waals surface area contributed by atoms with Gasteiger partial charge >= 0.3 is 0 Å². The number of halogens is 2. The van der Waals surface area contributed by atoms with Crippen LogP contribution in [0.25, 0.3) is 0 Å². The largest absolute Gasteiger partial charge is 0.327 e. The molecular formula is C14H27F2N. The van der Waals surface area contributed by atoms with Crippen LogP contribution in [0.2, 0.25) is 0 Å². The van der Waals surface area contributed by atoms with E-state index in [-0.39, 0.29) is 18.9 Å². The Labute approximate surface area is 104 Å². The predicted octanol–water partition coefficient (Wildman–Crippen LogP) is 4.50. The van der Waals surface area contributed by atoms with Gasteiger partial charge in [-0.05, 0) is 25.2 Å². The molecule has 1 fully saturated rings. The molecule has 2 N–H and O–H groups in total. The molecule has 1 rings (SSSR count). The number of rotatable bonds is 7. The SMILES string of the molecule is CCCCCCCC(N)C1CCC(F)(F)CC1. The zero-order chi connectivity index (χ0) is 12.7. The van der Waals surface area contributed by atoms with Crippen LogP contribution in [0.1, 0.15) is 71.1 Å². The number of hydrogen-bond donors (Lipinski definition) is 1. The third-order valence-corrected chi connectivity index (χ3v) is 4.01. The molecule has 1 aliphatic rings. The highest BCUT2D eigenvalue weighted by Gasteiger charge is 2.36. The maximum Gasteiger partial charge on any atom is 0.248 e. The van der Waals surface area contributed by atoms with Crippen molar-refractivity contribution in [2.45, 2.75) is 83.1 Å². The summed E-state index contributed by atoms with van der Waals surface area (Å²) in [5.41, 5.74) is 6.11. The summed E-state index contributed by atoms with van der Waals surface area (Å²) >= 11 is 0. The van der Waals surface area contributed by atoms with Crippen LogP contribution in [0.4, 0.5) is 8.78 Å². The van der Waals surface area contributed by atoms with Crippen molar-refractivity contribution in [2.75, 3.05) is 0 Å². The zero-order valence-electron chi connectivity index (χ0n) is 11.1. The lowest BCUT2D eigenvalue weighted by Gasteiger charge is -2.32. The van der Waals surface area contributed by atoms with Gasteiger partial charge in [0.1, 0.15) is 0 Å². The Hall–Kier alpha value is -0.180. The molecule has 0 aromatic rings. The van der Waals surface area contributed by atoms with Crippen molar-refractivity contribution in [1.82, 2.24) is 0 Å². The van der Waals surface area contributed by atoms with E-state index in [9.17, 15) is 8.78 Å². The Morgan fingerprint density at radius 2 is 1.71 bits per heavy atom. The monoisotopic (exact) mass is 247 g/mol. The lowest BCUT2D eigenvalue weighted by Crippen LogP contribution is -2.36. The molecule has 102 valence electrons. The van der Waals surface area contributed by atoms with Crippen molar-refractivity contribution in [3.05, 3.63) is 0 Å². The highest BCUT2D eigenvalue weighted by molar-refractivity contribution is 4.83. The normalized spacial score (nSPS) is 22.6. The van der Waals surface area contributed by atoms with Gasteiger partial charge in [-0.15, -0.1) is 0 Å². The Balaban J connectivity index is 2.10. The van der Waals surface area contributed by atoms with Gasteiger partial charge in [-0.2, -0.15) is 0 Å². The van der Waals surface area contributed by atoms with E-state index in [4.69, 9.17) is 5.73 Å². The second-order valence-electron chi connectivity index (χ2n) is 5.56. The number of unbranched alkanes of at least 4 members (excludes halogenated alkanes) is 4. The lowest BCUT2D eigenvalue weighted by atomic mass is 9.81.